The van der Waals surface area contributed by atoms with Crippen LogP contribution in [-0.2, 0) is 0 Å². The molecular formula is C12H12Cl2N4. The van der Waals surface area contributed by atoms with Gasteiger partial charge in [0.05, 0.1) is 17.6 Å². The van der Waals surface area contributed by atoms with E-state index >= 15 is 0 Å². The van der Waals surface area contributed by atoms with E-state index in [-0.39, 0.29) is 5.28 Å². The lowest BCUT2D eigenvalue weighted by molar-refractivity contribution is 1.17. The van der Waals surface area contributed by atoms with Gasteiger partial charge in [-0.3, -0.25) is 0 Å². The maximum absolute atomic E-state index is 6.01. The third-order valence-electron chi connectivity index (χ3n) is 2.41. The Labute approximate surface area is 115 Å². The summed E-state index contributed by atoms with van der Waals surface area (Å²) in [5.41, 5.74) is 3.00. The largest absolute Gasteiger partial charge is 0.386 e. The van der Waals surface area contributed by atoms with Gasteiger partial charge in [-0.05, 0) is 36.2 Å². The van der Waals surface area contributed by atoms with Crippen LogP contribution < -0.4 is 10.6 Å². The molecule has 0 aliphatic carbocycles. The Hall–Kier alpha value is -1.52. The van der Waals surface area contributed by atoms with Gasteiger partial charge in [-0.1, -0.05) is 17.7 Å². The zero-order valence-electron chi connectivity index (χ0n) is 9.96. The molecule has 0 aliphatic rings. The number of nitrogens with zero attached hydrogens (tertiary/aromatic N) is 2. The topological polar surface area (TPSA) is 49.8 Å². The Morgan fingerprint density at radius 2 is 1.94 bits per heavy atom. The molecule has 0 radical (unpaired) electrons. The molecule has 4 nitrogen and oxygen atoms in total. The molecule has 0 spiro atoms. The van der Waals surface area contributed by atoms with Crippen molar-refractivity contribution in [2.24, 2.45) is 0 Å². The van der Waals surface area contributed by atoms with Crippen molar-refractivity contribution in [3.63, 3.8) is 0 Å². The fourth-order valence-electron chi connectivity index (χ4n) is 1.53. The lowest BCUT2D eigenvalue weighted by Gasteiger charge is -2.12. The first-order chi connectivity index (χ1) is 8.60. The quantitative estimate of drug-likeness (QED) is 0.839. The number of hydrogen-bond donors (Lipinski definition) is 2. The van der Waals surface area contributed by atoms with E-state index in [4.69, 9.17) is 23.2 Å². The van der Waals surface area contributed by atoms with Crippen LogP contribution in [0.1, 0.15) is 5.56 Å². The van der Waals surface area contributed by atoms with Crippen LogP contribution in [0.4, 0.5) is 17.2 Å². The first-order valence-corrected chi connectivity index (χ1v) is 6.09. The second kappa shape index (κ2) is 5.42. The highest BCUT2D eigenvalue weighted by Crippen LogP contribution is 2.29. The highest BCUT2D eigenvalue weighted by Gasteiger charge is 2.07. The van der Waals surface area contributed by atoms with Gasteiger partial charge in [-0.15, -0.1) is 0 Å². The average Bonchev–Trinajstić information content (AvgIpc) is 2.36. The molecular weight excluding hydrogens is 271 g/mol. The van der Waals surface area contributed by atoms with Crippen molar-refractivity contribution >= 4 is 40.4 Å². The first-order valence-electron chi connectivity index (χ1n) is 5.33. The van der Waals surface area contributed by atoms with Gasteiger partial charge in [0.25, 0.3) is 0 Å². The molecule has 0 saturated heterocycles. The molecule has 2 rings (SSSR count). The molecule has 0 bridgehead atoms. The van der Waals surface area contributed by atoms with Crippen LogP contribution in [0.3, 0.4) is 0 Å². The summed E-state index contributed by atoms with van der Waals surface area (Å²) < 4.78 is 0. The summed E-state index contributed by atoms with van der Waals surface area (Å²) in [6, 6.07) is 5.98. The van der Waals surface area contributed by atoms with Gasteiger partial charge in [-0.2, -0.15) is 4.98 Å². The van der Waals surface area contributed by atoms with Crippen LogP contribution in [0, 0.1) is 6.92 Å². The third kappa shape index (κ3) is 2.83. The second-order valence-corrected chi connectivity index (χ2v) is 4.50. The molecule has 0 aliphatic heterocycles. The summed E-state index contributed by atoms with van der Waals surface area (Å²) in [4.78, 5) is 7.85. The monoisotopic (exact) mass is 282 g/mol. The molecule has 6 heteroatoms. The van der Waals surface area contributed by atoms with Gasteiger partial charge in [0.2, 0.25) is 5.28 Å². The van der Waals surface area contributed by atoms with Crippen molar-refractivity contribution in [3.05, 3.63) is 40.3 Å². The Morgan fingerprint density at radius 1 is 1.17 bits per heavy atom. The van der Waals surface area contributed by atoms with Gasteiger partial charge in [0.1, 0.15) is 5.02 Å². The van der Waals surface area contributed by atoms with Gasteiger partial charge in [-0.25, -0.2) is 4.98 Å². The van der Waals surface area contributed by atoms with E-state index in [2.05, 4.69) is 20.6 Å². The van der Waals surface area contributed by atoms with Gasteiger partial charge < -0.3 is 10.6 Å². The van der Waals surface area contributed by atoms with E-state index in [1.54, 1.807) is 0 Å². The predicted molar refractivity (Wildman–Crippen MR) is 76.1 cm³/mol. The minimum atomic E-state index is 0.153. The maximum atomic E-state index is 6.01. The molecule has 0 amide bonds. The van der Waals surface area contributed by atoms with Crippen molar-refractivity contribution in [2.75, 3.05) is 17.7 Å². The lowest BCUT2D eigenvalue weighted by atomic mass is 10.2. The Bertz CT molecular complexity index is 572. The first kappa shape index (κ1) is 12.9. The maximum Gasteiger partial charge on any atom is 0.224 e. The van der Waals surface area contributed by atoms with E-state index in [9.17, 15) is 0 Å². The van der Waals surface area contributed by atoms with Crippen LogP contribution in [0.2, 0.25) is 10.3 Å². The summed E-state index contributed by atoms with van der Waals surface area (Å²) in [6.45, 7) is 2.03. The summed E-state index contributed by atoms with van der Waals surface area (Å²) in [5.74, 6) is 0.483. The number of rotatable bonds is 3. The normalized spacial score (nSPS) is 10.2. The van der Waals surface area contributed by atoms with Crippen LogP contribution in [0.25, 0.3) is 0 Å². The van der Waals surface area contributed by atoms with Crippen LogP contribution in [0.15, 0.2) is 24.4 Å². The molecule has 1 aromatic carbocycles. The standard InChI is InChI=1S/C12H12Cl2N4/c1-7-3-4-9(10(5-7)15-2)17-11-8(13)6-16-12(14)18-11/h3-6,15H,1-2H3,(H,16,17,18). The Kier molecular flexibility index (Phi) is 3.89. The Balaban J connectivity index is 2.36. The Morgan fingerprint density at radius 3 is 2.67 bits per heavy atom. The van der Waals surface area contributed by atoms with Gasteiger partial charge in [0, 0.05) is 7.05 Å². The zero-order chi connectivity index (χ0) is 13.1. The van der Waals surface area contributed by atoms with E-state index in [0.29, 0.717) is 10.8 Å². The van der Waals surface area contributed by atoms with Gasteiger partial charge in [0.15, 0.2) is 5.82 Å². The molecule has 2 aromatic rings. The number of aromatic nitrogens is 2. The molecule has 1 heterocycles. The molecule has 0 saturated carbocycles. The zero-order valence-corrected chi connectivity index (χ0v) is 11.5. The van der Waals surface area contributed by atoms with Gasteiger partial charge >= 0.3 is 0 Å². The smallest absolute Gasteiger partial charge is 0.224 e. The highest BCUT2D eigenvalue weighted by atomic mass is 35.5. The summed E-state index contributed by atoms with van der Waals surface area (Å²) in [6.07, 6.45) is 1.46. The number of halogens is 2. The van der Waals surface area contributed by atoms with Crippen LogP contribution in [0.5, 0.6) is 0 Å². The van der Waals surface area contributed by atoms with E-state index in [1.165, 1.54) is 6.20 Å². The fourth-order valence-corrected chi connectivity index (χ4v) is 1.81. The van der Waals surface area contributed by atoms with Crippen LogP contribution in [-0.4, -0.2) is 17.0 Å². The number of benzene rings is 1. The summed E-state index contributed by atoms with van der Waals surface area (Å²) >= 11 is 11.8. The van der Waals surface area contributed by atoms with E-state index in [0.717, 1.165) is 16.9 Å². The number of anilines is 3. The van der Waals surface area contributed by atoms with Crippen molar-refractivity contribution in [1.29, 1.82) is 0 Å². The molecule has 0 atom stereocenters. The summed E-state index contributed by atoms with van der Waals surface area (Å²) in [7, 11) is 1.86. The van der Waals surface area contributed by atoms with Crippen LogP contribution >= 0.6 is 23.2 Å². The second-order valence-electron chi connectivity index (χ2n) is 3.76. The number of hydrogen-bond acceptors (Lipinski definition) is 4. The molecule has 18 heavy (non-hydrogen) atoms. The minimum Gasteiger partial charge on any atom is -0.386 e. The molecule has 94 valence electrons. The molecule has 2 N–H and O–H groups in total. The molecule has 0 fully saturated rings. The van der Waals surface area contributed by atoms with Crippen molar-refractivity contribution < 1.29 is 0 Å². The number of nitrogens with one attached hydrogen (secondary N) is 2. The van der Waals surface area contributed by atoms with Crippen molar-refractivity contribution in [3.8, 4) is 0 Å². The third-order valence-corrected chi connectivity index (χ3v) is 2.87. The van der Waals surface area contributed by atoms with E-state index < -0.39 is 0 Å². The van der Waals surface area contributed by atoms with E-state index in [1.807, 2.05) is 32.2 Å². The number of aryl methyl sites for hydroxylation is 1. The SMILES string of the molecule is CNc1cc(C)ccc1Nc1nc(Cl)ncc1Cl. The molecule has 1 aromatic heterocycles. The van der Waals surface area contributed by atoms with Crippen molar-refractivity contribution in [1.82, 2.24) is 9.97 Å². The predicted octanol–water partition coefficient (Wildman–Crippen LogP) is 3.88. The van der Waals surface area contributed by atoms with Crippen molar-refractivity contribution in [2.45, 2.75) is 6.92 Å². The minimum absolute atomic E-state index is 0.153. The molecule has 0 unspecified atom stereocenters. The average molecular weight is 283 g/mol. The fraction of sp³-hybridized carbons (Fsp3) is 0.167. The lowest BCUT2D eigenvalue weighted by Crippen LogP contribution is -2.00. The highest BCUT2D eigenvalue weighted by molar-refractivity contribution is 6.33. The summed E-state index contributed by atoms with van der Waals surface area (Å²) in [5, 5.41) is 6.81.